The van der Waals surface area contributed by atoms with Crippen LogP contribution in [0.2, 0.25) is 0 Å². The van der Waals surface area contributed by atoms with E-state index in [-0.39, 0.29) is 18.9 Å². The Kier molecular flexibility index (Phi) is 5.00. The quantitative estimate of drug-likeness (QED) is 0.669. The minimum absolute atomic E-state index is 0. The first kappa shape index (κ1) is 14.6. The number of hydrogen-bond acceptors (Lipinski definition) is 3. The Morgan fingerprint density at radius 3 is 2.32 bits per heavy atom. The highest BCUT2D eigenvalue weighted by Crippen LogP contribution is 2.16. The molecule has 2 rings (SSSR count). The summed E-state index contributed by atoms with van der Waals surface area (Å²) in [5.41, 5.74) is 1.31. The Morgan fingerprint density at radius 2 is 1.74 bits per heavy atom. The second-order valence-corrected chi connectivity index (χ2v) is 3.76. The maximum Gasteiger partial charge on any atom is 0.269 e. The largest absolute Gasteiger partial charge is 0.379 e. The number of rotatable bonds is 4. The molecular formula is C14H15FN2O2. The van der Waals surface area contributed by atoms with Crippen LogP contribution in [0.4, 0.5) is 15.8 Å². The summed E-state index contributed by atoms with van der Waals surface area (Å²) in [6.07, 6.45) is 0. The van der Waals surface area contributed by atoms with E-state index in [4.69, 9.17) is 0 Å². The van der Waals surface area contributed by atoms with Gasteiger partial charge >= 0.3 is 0 Å². The van der Waals surface area contributed by atoms with Crippen molar-refractivity contribution in [1.82, 2.24) is 0 Å². The second kappa shape index (κ2) is 6.49. The van der Waals surface area contributed by atoms with Crippen molar-refractivity contribution >= 4 is 11.4 Å². The van der Waals surface area contributed by atoms with Crippen LogP contribution in [0.15, 0.2) is 48.5 Å². The summed E-state index contributed by atoms with van der Waals surface area (Å²) in [6.45, 7) is 0.416. The van der Waals surface area contributed by atoms with E-state index in [1.165, 1.54) is 18.2 Å². The number of non-ortho nitro benzene ring substituents is 1. The van der Waals surface area contributed by atoms with Crippen molar-refractivity contribution in [3.63, 3.8) is 0 Å². The van der Waals surface area contributed by atoms with Gasteiger partial charge in [-0.2, -0.15) is 0 Å². The maximum atomic E-state index is 13.3. The van der Waals surface area contributed by atoms with Gasteiger partial charge in [-0.25, -0.2) is 4.39 Å². The van der Waals surface area contributed by atoms with E-state index >= 15 is 0 Å². The van der Waals surface area contributed by atoms with Gasteiger partial charge in [-0.3, -0.25) is 10.1 Å². The topological polar surface area (TPSA) is 55.2 Å². The lowest BCUT2D eigenvalue weighted by atomic mass is 10.2. The van der Waals surface area contributed by atoms with Gasteiger partial charge in [0.2, 0.25) is 0 Å². The maximum absolute atomic E-state index is 13.3. The van der Waals surface area contributed by atoms with Crippen LogP contribution in [0, 0.1) is 15.9 Å². The fourth-order valence-corrected chi connectivity index (χ4v) is 1.54. The van der Waals surface area contributed by atoms with Crippen molar-refractivity contribution in [3.05, 3.63) is 70.0 Å². The summed E-state index contributed by atoms with van der Waals surface area (Å²) in [5.74, 6) is -0.320. The summed E-state index contributed by atoms with van der Waals surface area (Å²) in [5, 5.41) is 13.4. The van der Waals surface area contributed by atoms with Gasteiger partial charge in [0.15, 0.2) is 0 Å². The minimum Gasteiger partial charge on any atom is -0.379 e. The SMILES string of the molecule is C.O=[N+]([O-])c1ccc(CNc2ccccc2F)cc1. The van der Waals surface area contributed by atoms with Gasteiger partial charge in [-0.1, -0.05) is 31.7 Å². The lowest BCUT2D eigenvalue weighted by Gasteiger charge is -2.07. The number of nitro benzene ring substituents is 1. The van der Waals surface area contributed by atoms with E-state index in [2.05, 4.69) is 5.32 Å². The Bertz CT molecular complexity index is 556. The molecule has 100 valence electrons. The van der Waals surface area contributed by atoms with Crippen molar-refractivity contribution in [3.8, 4) is 0 Å². The molecule has 0 aliphatic heterocycles. The lowest BCUT2D eigenvalue weighted by Crippen LogP contribution is -2.01. The van der Waals surface area contributed by atoms with E-state index < -0.39 is 4.92 Å². The molecule has 0 heterocycles. The van der Waals surface area contributed by atoms with Gasteiger partial charge in [0, 0.05) is 18.7 Å². The zero-order chi connectivity index (χ0) is 13.0. The standard InChI is InChI=1S/C13H11FN2O2.CH4/c14-12-3-1-2-4-13(12)15-9-10-5-7-11(8-6-10)16(17)18;/h1-8,15H,9H2;1H4. The zero-order valence-electron chi connectivity index (χ0n) is 9.47. The molecule has 19 heavy (non-hydrogen) atoms. The van der Waals surface area contributed by atoms with E-state index in [0.717, 1.165) is 5.56 Å². The van der Waals surface area contributed by atoms with E-state index in [9.17, 15) is 14.5 Å². The first-order valence-electron chi connectivity index (χ1n) is 5.38. The number of nitrogens with zero attached hydrogens (tertiary/aromatic N) is 1. The molecule has 0 unspecified atom stereocenters. The number of halogens is 1. The predicted octanol–water partition coefficient (Wildman–Crippen LogP) is 3.98. The average molecular weight is 262 g/mol. The molecule has 1 N–H and O–H groups in total. The molecule has 0 aliphatic rings. The van der Waals surface area contributed by atoms with Gasteiger partial charge in [0.05, 0.1) is 10.6 Å². The highest BCUT2D eigenvalue weighted by atomic mass is 19.1. The number of nitrogens with one attached hydrogen (secondary N) is 1. The van der Waals surface area contributed by atoms with Crippen LogP contribution < -0.4 is 5.32 Å². The smallest absolute Gasteiger partial charge is 0.269 e. The molecule has 5 heteroatoms. The van der Waals surface area contributed by atoms with Crippen molar-refractivity contribution in [2.45, 2.75) is 14.0 Å². The van der Waals surface area contributed by atoms with Crippen LogP contribution in [0.25, 0.3) is 0 Å². The van der Waals surface area contributed by atoms with Crippen molar-refractivity contribution in [2.75, 3.05) is 5.32 Å². The highest BCUT2D eigenvalue weighted by molar-refractivity contribution is 5.45. The Balaban J connectivity index is 0.00000180. The number of benzene rings is 2. The summed E-state index contributed by atoms with van der Waals surface area (Å²) in [4.78, 5) is 10.0. The summed E-state index contributed by atoms with van der Waals surface area (Å²) in [6, 6.07) is 12.5. The monoisotopic (exact) mass is 262 g/mol. The zero-order valence-corrected chi connectivity index (χ0v) is 9.47. The Labute approximate surface area is 111 Å². The fraction of sp³-hybridized carbons (Fsp3) is 0.143. The lowest BCUT2D eigenvalue weighted by molar-refractivity contribution is -0.384. The third-order valence-corrected chi connectivity index (χ3v) is 2.50. The molecule has 0 amide bonds. The van der Waals surface area contributed by atoms with Gasteiger partial charge in [-0.05, 0) is 17.7 Å². The molecule has 2 aromatic carbocycles. The van der Waals surface area contributed by atoms with Crippen LogP contribution in [-0.2, 0) is 6.54 Å². The first-order valence-corrected chi connectivity index (χ1v) is 5.38. The van der Waals surface area contributed by atoms with Crippen LogP contribution in [-0.4, -0.2) is 4.92 Å². The Hall–Kier alpha value is -2.43. The predicted molar refractivity (Wildman–Crippen MR) is 73.6 cm³/mol. The van der Waals surface area contributed by atoms with Crippen molar-refractivity contribution in [1.29, 1.82) is 0 Å². The normalized spacial score (nSPS) is 9.53. The van der Waals surface area contributed by atoms with Crippen LogP contribution in [0.3, 0.4) is 0 Å². The molecule has 0 saturated carbocycles. The fourth-order valence-electron chi connectivity index (χ4n) is 1.54. The molecular weight excluding hydrogens is 247 g/mol. The number of hydrogen-bond donors (Lipinski definition) is 1. The second-order valence-electron chi connectivity index (χ2n) is 3.76. The highest BCUT2D eigenvalue weighted by Gasteiger charge is 2.04. The molecule has 2 aromatic rings. The molecule has 0 atom stereocenters. The molecule has 0 radical (unpaired) electrons. The molecule has 4 nitrogen and oxygen atoms in total. The number of anilines is 1. The van der Waals surface area contributed by atoms with Gasteiger partial charge in [-0.15, -0.1) is 0 Å². The van der Waals surface area contributed by atoms with Crippen molar-refractivity contribution < 1.29 is 9.31 Å². The first-order chi connectivity index (χ1) is 8.66. The summed E-state index contributed by atoms with van der Waals surface area (Å²) in [7, 11) is 0. The minimum atomic E-state index is -0.450. The van der Waals surface area contributed by atoms with Crippen LogP contribution >= 0.6 is 0 Å². The van der Waals surface area contributed by atoms with E-state index in [1.807, 2.05) is 0 Å². The molecule has 0 fully saturated rings. The van der Waals surface area contributed by atoms with Crippen LogP contribution in [0.1, 0.15) is 13.0 Å². The summed E-state index contributed by atoms with van der Waals surface area (Å²) < 4.78 is 13.3. The van der Waals surface area contributed by atoms with E-state index in [1.54, 1.807) is 30.3 Å². The number of nitro groups is 1. The molecule has 0 aromatic heterocycles. The molecule has 0 bridgehead atoms. The third-order valence-electron chi connectivity index (χ3n) is 2.50. The van der Waals surface area contributed by atoms with Crippen molar-refractivity contribution in [2.24, 2.45) is 0 Å². The third kappa shape index (κ3) is 3.77. The molecule has 0 saturated heterocycles. The van der Waals surface area contributed by atoms with Gasteiger partial charge in [0.25, 0.3) is 5.69 Å². The molecule has 0 aliphatic carbocycles. The van der Waals surface area contributed by atoms with Gasteiger partial charge < -0.3 is 5.32 Å². The average Bonchev–Trinajstić information content (AvgIpc) is 2.38. The van der Waals surface area contributed by atoms with E-state index in [0.29, 0.717) is 12.2 Å². The Morgan fingerprint density at radius 1 is 1.11 bits per heavy atom. The number of para-hydroxylation sites is 1. The molecule has 0 spiro atoms. The summed E-state index contributed by atoms with van der Waals surface area (Å²) >= 11 is 0. The van der Waals surface area contributed by atoms with Gasteiger partial charge in [0.1, 0.15) is 5.82 Å². The van der Waals surface area contributed by atoms with Crippen LogP contribution in [0.5, 0.6) is 0 Å².